The van der Waals surface area contributed by atoms with E-state index in [1.807, 2.05) is 16.7 Å². The highest BCUT2D eigenvalue weighted by atomic mass is 32.2. The lowest BCUT2D eigenvalue weighted by atomic mass is 9.79. The van der Waals surface area contributed by atoms with Gasteiger partial charge in [-0.3, -0.25) is 9.59 Å². The molecule has 2 aliphatic heterocycles. The molecule has 0 bridgehead atoms. The molecule has 2 heterocycles. The van der Waals surface area contributed by atoms with Crippen molar-refractivity contribution >= 4 is 23.6 Å². The van der Waals surface area contributed by atoms with Crippen LogP contribution in [0, 0.1) is 5.92 Å². The molecule has 1 unspecified atom stereocenters. The Bertz CT molecular complexity index is 374. The Kier molecular flexibility index (Phi) is 3.74. The van der Waals surface area contributed by atoms with E-state index >= 15 is 0 Å². The van der Waals surface area contributed by atoms with Gasteiger partial charge in [-0.2, -0.15) is 11.8 Å². The average Bonchev–Trinajstić information content (AvgIpc) is 2.89. The molecule has 3 fully saturated rings. The summed E-state index contributed by atoms with van der Waals surface area (Å²) < 4.78 is 0. The van der Waals surface area contributed by atoms with Crippen LogP contribution in [0.5, 0.6) is 0 Å². The first kappa shape index (κ1) is 13.3. The predicted octanol–water partition coefficient (Wildman–Crippen LogP) is 1.40. The fraction of sp³-hybridized carbons (Fsp3) is 0.857. The number of hydrogen-bond donors (Lipinski definition) is 1. The SMILES string of the molecule is O=C1CN(CC2CCSC2)C(=O)C2(CCCCC2)N1. The summed E-state index contributed by atoms with van der Waals surface area (Å²) in [6.45, 7) is 1.04. The maximum absolute atomic E-state index is 12.7. The van der Waals surface area contributed by atoms with Crippen molar-refractivity contribution in [2.75, 3.05) is 24.6 Å². The van der Waals surface area contributed by atoms with Gasteiger partial charge >= 0.3 is 0 Å². The van der Waals surface area contributed by atoms with E-state index in [4.69, 9.17) is 0 Å². The number of thioether (sulfide) groups is 1. The van der Waals surface area contributed by atoms with Crippen molar-refractivity contribution in [2.24, 2.45) is 5.92 Å². The Morgan fingerprint density at radius 1 is 1.26 bits per heavy atom. The molecular formula is C14H22N2O2S. The van der Waals surface area contributed by atoms with Gasteiger partial charge in [0.05, 0.1) is 6.54 Å². The second kappa shape index (κ2) is 5.35. The maximum atomic E-state index is 12.7. The van der Waals surface area contributed by atoms with Gasteiger partial charge in [-0.1, -0.05) is 19.3 Å². The Morgan fingerprint density at radius 2 is 2.05 bits per heavy atom. The van der Waals surface area contributed by atoms with E-state index in [1.165, 1.54) is 18.6 Å². The van der Waals surface area contributed by atoms with E-state index in [-0.39, 0.29) is 18.4 Å². The first-order valence-electron chi connectivity index (χ1n) is 7.38. The zero-order chi connectivity index (χ0) is 13.3. The maximum Gasteiger partial charge on any atom is 0.248 e. The van der Waals surface area contributed by atoms with Crippen LogP contribution in [0.2, 0.25) is 0 Å². The van der Waals surface area contributed by atoms with Gasteiger partial charge in [0.2, 0.25) is 11.8 Å². The molecule has 0 aromatic rings. The molecule has 1 N–H and O–H groups in total. The molecule has 106 valence electrons. The van der Waals surface area contributed by atoms with Crippen molar-refractivity contribution in [1.82, 2.24) is 10.2 Å². The van der Waals surface area contributed by atoms with Gasteiger partial charge in [-0.25, -0.2) is 0 Å². The van der Waals surface area contributed by atoms with Crippen molar-refractivity contribution in [3.63, 3.8) is 0 Å². The summed E-state index contributed by atoms with van der Waals surface area (Å²) in [7, 11) is 0. The number of amides is 2. The smallest absolute Gasteiger partial charge is 0.248 e. The van der Waals surface area contributed by atoms with E-state index < -0.39 is 5.54 Å². The fourth-order valence-electron chi connectivity index (χ4n) is 3.59. The zero-order valence-electron chi connectivity index (χ0n) is 11.3. The molecule has 5 heteroatoms. The number of hydrogen-bond acceptors (Lipinski definition) is 3. The quantitative estimate of drug-likeness (QED) is 0.833. The van der Waals surface area contributed by atoms with E-state index in [2.05, 4.69) is 5.32 Å². The lowest BCUT2D eigenvalue weighted by Gasteiger charge is -2.44. The summed E-state index contributed by atoms with van der Waals surface area (Å²) in [5.41, 5.74) is -0.556. The van der Waals surface area contributed by atoms with Gasteiger partial charge in [0.1, 0.15) is 5.54 Å². The molecule has 19 heavy (non-hydrogen) atoms. The van der Waals surface area contributed by atoms with Crippen molar-refractivity contribution in [3.05, 3.63) is 0 Å². The predicted molar refractivity (Wildman–Crippen MR) is 76.0 cm³/mol. The number of carbonyl (C=O) groups excluding carboxylic acids is 2. The summed E-state index contributed by atoms with van der Waals surface area (Å²) >= 11 is 1.96. The molecule has 0 aromatic carbocycles. The van der Waals surface area contributed by atoms with Gasteiger partial charge < -0.3 is 10.2 Å². The van der Waals surface area contributed by atoms with E-state index in [9.17, 15) is 9.59 Å². The molecule has 1 saturated carbocycles. The normalized spacial score (nSPS) is 30.7. The monoisotopic (exact) mass is 282 g/mol. The Morgan fingerprint density at radius 3 is 2.74 bits per heavy atom. The van der Waals surface area contributed by atoms with Gasteiger partial charge in [0.15, 0.2) is 0 Å². The zero-order valence-corrected chi connectivity index (χ0v) is 12.1. The average molecular weight is 282 g/mol. The summed E-state index contributed by atoms with van der Waals surface area (Å²) in [5.74, 6) is 3.14. The molecule has 1 spiro atoms. The second-order valence-corrected chi connectivity index (χ2v) is 7.26. The molecule has 2 amide bonds. The number of nitrogens with zero attached hydrogens (tertiary/aromatic N) is 1. The summed E-state index contributed by atoms with van der Waals surface area (Å²) in [5, 5.41) is 3.00. The number of rotatable bonds is 2. The molecule has 0 radical (unpaired) electrons. The molecule has 2 saturated heterocycles. The van der Waals surface area contributed by atoms with Crippen molar-refractivity contribution in [2.45, 2.75) is 44.1 Å². The number of nitrogens with one attached hydrogen (secondary N) is 1. The van der Waals surface area contributed by atoms with Crippen LogP contribution in [0.4, 0.5) is 0 Å². The first-order chi connectivity index (χ1) is 9.20. The first-order valence-corrected chi connectivity index (χ1v) is 8.53. The van der Waals surface area contributed by atoms with Gasteiger partial charge in [-0.05, 0) is 36.7 Å². The fourth-order valence-corrected chi connectivity index (χ4v) is 4.86. The third kappa shape index (κ3) is 2.62. The number of piperazine rings is 1. The molecule has 3 rings (SSSR count). The minimum Gasteiger partial charge on any atom is -0.340 e. The van der Waals surface area contributed by atoms with Crippen LogP contribution >= 0.6 is 11.8 Å². The van der Waals surface area contributed by atoms with Crippen molar-refractivity contribution in [3.8, 4) is 0 Å². The van der Waals surface area contributed by atoms with Gasteiger partial charge in [-0.15, -0.1) is 0 Å². The summed E-state index contributed by atoms with van der Waals surface area (Å²) in [6.07, 6.45) is 6.13. The van der Waals surface area contributed by atoms with Crippen LogP contribution in [0.3, 0.4) is 0 Å². The molecule has 4 nitrogen and oxygen atoms in total. The van der Waals surface area contributed by atoms with Crippen LogP contribution in [0.15, 0.2) is 0 Å². The topological polar surface area (TPSA) is 49.4 Å². The minimum absolute atomic E-state index is 0.0344. The highest BCUT2D eigenvalue weighted by molar-refractivity contribution is 7.99. The number of carbonyl (C=O) groups is 2. The largest absolute Gasteiger partial charge is 0.340 e. The Hall–Kier alpha value is -0.710. The highest BCUT2D eigenvalue weighted by Crippen LogP contribution is 2.33. The Balaban J connectivity index is 1.72. The van der Waals surface area contributed by atoms with E-state index in [0.717, 1.165) is 38.0 Å². The standard InChI is InChI=1S/C14H22N2O2S/c17-12-9-16(8-11-4-7-19-10-11)13(18)14(15-12)5-2-1-3-6-14/h11H,1-10H2,(H,15,17). The second-order valence-electron chi connectivity index (χ2n) is 6.11. The lowest BCUT2D eigenvalue weighted by Crippen LogP contribution is -2.67. The van der Waals surface area contributed by atoms with E-state index in [0.29, 0.717) is 5.92 Å². The van der Waals surface area contributed by atoms with Crippen LogP contribution in [-0.2, 0) is 9.59 Å². The molecule has 1 aliphatic carbocycles. The van der Waals surface area contributed by atoms with Crippen molar-refractivity contribution in [1.29, 1.82) is 0 Å². The molecular weight excluding hydrogens is 260 g/mol. The third-order valence-corrected chi connectivity index (χ3v) is 5.85. The summed E-state index contributed by atoms with van der Waals surface area (Å²) in [6, 6.07) is 0. The third-order valence-electron chi connectivity index (χ3n) is 4.62. The highest BCUT2D eigenvalue weighted by Gasteiger charge is 2.47. The minimum atomic E-state index is -0.556. The van der Waals surface area contributed by atoms with Crippen LogP contribution in [0.1, 0.15) is 38.5 Å². The van der Waals surface area contributed by atoms with Gasteiger partial charge in [0, 0.05) is 6.54 Å². The summed E-state index contributed by atoms with van der Waals surface area (Å²) in [4.78, 5) is 26.5. The van der Waals surface area contributed by atoms with Crippen LogP contribution < -0.4 is 5.32 Å². The molecule has 0 aromatic heterocycles. The van der Waals surface area contributed by atoms with Crippen LogP contribution in [0.25, 0.3) is 0 Å². The lowest BCUT2D eigenvalue weighted by molar-refractivity contribution is -0.152. The van der Waals surface area contributed by atoms with E-state index in [1.54, 1.807) is 0 Å². The Labute approximate surface area is 118 Å². The van der Waals surface area contributed by atoms with Gasteiger partial charge in [0.25, 0.3) is 0 Å². The van der Waals surface area contributed by atoms with Crippen molar-refractivity contribution < 1.29 is 9.59 Å². The van der Waals surface area contributed by atoms with Crippen LogP contribution in [-0.4, -0.2) is 46.8 Å². The molecule has 1 atom stereocenters. The molecule has 3 aliphatic rings.